The molecule has 9 heteroatoms. The molecule has 1 saturated carbocycles. The second-order valence-corrected chi connectivity index (χ2v) is 9.69. The molecule has 4 unspecified atom stereocenters. The number of hydrazone groups is 1. The molecular formula is C21H28ClN5O2S. The number of anilines is 1. The second-order valence-electron chi connectivity index (χ2n) is 8.13. The molecule has 4 rings (SSSR count). The van der Waals surface area contributed by atoms with Crippen LogP contribution >= 0.6 is 23.4 Å². The van der Waals surface area contributed by atoms with Gasteiger partial charge in [-0.25, -0.2) is 0 Å². The third-order valence-corrected chi connectivity index (χ3v) is 7.22. The summed E-state index contributed by atoms with van der Waals surface area (Å²) in [4.78, 5) is 29.7. The summed E-state index contributed by atoms with van der Waals surface area (Å²) in [5.74, 6) is 0.237. The molecule has 7 nitrogen and oxygen atoms in total. The van der Waals surface area contributed by atoms with Crippen LogP contribution in [0.1, 0.15) is 38.2 Å². The minimum absolute atomic E-state index is 0.0407. The number of halogens is 1. The van der Waals surface area contributed by atoms with Gasteiger partial charge in [0.15, 0.2) is 11.5 Å². The van der Waals surface area contributed by atoms with Crippen LogP contribution in [0.15, 0.2) is 29.4 Å². The Labute approximate surface area is 186 Å². The van der Waals surface area contributed by atoms with Crippen molar-refractivity contribution in [2.75, 3.05) is 17.6 Å². The highest BCUT2D eigenvalue weighted by atomic mass is 35.5. The van der Waals surface area contributed by atoms with Gasteiger partial charge in [-0.2, -0.15) is 5.10 Å². The Hall–Kier alpha value is -1.93. The van der Waals surface area contributed by atoms with Gasteiger partial charge in [-0.1, -0.05) is 30.8 Å². The zero-order chi connectivity index (χ0) is 21.3. The fourth-order valence-corrected chi connectivity index (χ4v) is 5.70. The van der Waals surface area contributed by atoms with Crippen molar-refractivity contribution in [1.29, 1.82) is 0 Å². The van der Waals surface area contributed by atoms with Crippen LogP contribution in [0.5, 0.6) is 0 Å². The minimum Gasteiger partial charge on any atom is -0.325 e. The summed E-state index contributed by atoms with van der Waals surface area (Å²) in [5.41, 5.74) is 5.03. The normalized spacial score (nSPS) is 27.8. The number of nitrogens with one attached hydrogen (secondary N) is 2. The number of alkyl halides is 1. The average molecular weight is 450 g/mol. The van der Waals surface area contributed by atoms with Gasteiger partial charge in [0.1, 0.15) is 0 Å². The van der Waals surface area contributed by atoms with Gasteiger partial charge >= 0.3 is 0 Å². The van der Waals surface area contributed by atoms with Gasteiger partial charge in [-0.3, -0.25) is 15.0 Å². The number of benzene rings is 1. The molecular weight excluding hydrogens is 422 g/mol. The van der Waals surface area contributed by atoms with Crippen LogP contribution < -0.4 is 10.7 Å². The lowest BCUT2D eigenvalue weighted by molar-refractivity contribution is -0.155. The average Bonchev–Trinajstić information content (AvgIpc) is 3.13. The predicted octanol–water partition coefficient (Wildman–Crippen LogP) is 3.15. The van der Waals surface area contributed by atoms with Crippen LogP contribution in [-0.2, 0) is 9.59 Å². The molecule has 0 aromatic heterocycles. The van der Waals surface area contributed by atoms with Crippen molar-refractivity contribution in [3.8, 4) is 0 Å². The first-order valence-corrected chi connectivity index (χ1v) is 12.0. The molecule has 0 radical (unpaired) electrons. The van der Waals surface area contributed by atoms with Crippen LogP contribution in [0.2, 0.25) is 0 Å². The zero-order valence-corrected chi connectivity index (χ0v) is 18.9. The Morgan fingerprint density at radius 2 is 2.23 bits per heavy atom. The van der Waals surface area contributed by atoms with Gasteiger partial charge in [0.2, 0.25) is 11.8 Å². The number of amides is 2. The first-order chi connectivity index (χ1) is 14.5. The summed E-state index contributed by atoms with van der Waals surface area (Å²) in [6, 6.07) is 7.82. The maximum absolute atomic E-state index is 13.1. The highest BCUT2D eigenvalue weighted by Crippen LogP contribution is 2.40. The number of thioether (sulfide) groups is 1. The van der Waals surface area contributed by atoms with Gasteiger partial charge in [0.05, 0.1) is 11.7 Å². The van der Waals surface area contributed by atoms with Crippen LogP contribution in [0, 0.1) is 12.8 Å². The standard InChI is InChI=1S/C21H28ClN5O2S/c1-3-9-26-19(29)16-11-14(22)7-8-17(16)27-20(26)24-25-21(27)30-12-18(28)23-15-6-4-5-13(2)10-15/h4-6,10,14,16-17,20,24H,3,7-9,11-12H2,1-2H3,(H,23,28). The van der Waals surface area contributed by atoms with Crippen LogP contribution in [0.3, 0.4) is 0 Å². The van der Waals surface area contributed by atoms with E-state index >= 15 is 0 Å². The van der Waals surface area contributed by atoms with Gasteiger partial charge < -0.3 is 15.1 Å². The number of amidine groups is 1. The highest BCUT2D eigenvalue weighted by Gasteiger charge is 2.51. The molecule has 4 atom stereocenters. The number of carbonyl (C=O) groups excluding carboxylic acids is 2. The third-order valence-electron chi connectivity index (χ3n) is 5.86. The highest BCUT2D eigenvalue weighted by molar-refractivity contribution is 8.14. The van der Waals surface area contributed by atoms with E-state index < -0.39 is 0 Å². The Morgan fingerprint density at radius 3 is 3.00 bits per heavy atom. The van der Waals surface area contributed by atoms with Crippen molar-refractivity contribution >= 4 is 46.0 Å². The molecule has 0 bridgehead atoms. The Balaban J connectivity index is 1.44. The molecule has 2 aliphatic heterocycles. The van der Waals surface area contributed by atoms with Crippen LogP contribution in [-0.4, -0.2) is 56.8 Å². The molecule has 1 aliphatic carbocycles. The number of hydrogen-bond acceptors (Lipinski definition) is 6. The number of hydrogen-bond donors (Lipinski definition) is 2. The molecule has 1 aromatic rings. The lowest BCUT2D eigenvalue weighted by atomic mass is 9.81. The Bertz CT molecular complexity index is 850. The van der Waals surface area contributed by atoms with Crippen LogP contribution in [0.4, 0.5) is 5.69 Å². The quantitative estimate of drug-likeness (QED) is 0.675. The van der Waals surface area contributed by atoms with Crippen molar-refractivity contribution in [1.82, 2.24) is 15.2 Å². The second kappa shape index (κ2) is 9.06. The number of carbonyl (C=O) groups is 2. The van der Waals surface area contributed by atoms with E-state index in [0.29, 0.717) is 13.0 Å². The molecule has 1 aromatic carbocycles. The largest absolute Gasteiger partial charge is 0.325 e. The maximum atomic E-state index is 13.1. The van der Waals surface area contributed by atoms with E-state index in [2.05, 4.69) is 27.7 Å². The number of fused-ring (bicyclic) bond motifs is 3. The van der Waals surface area contributed by atoms with Crippen molar-refractivity contribution in [3.05, 3.63) is 29.8 Å². The molecule has 1 saturated heterocycles. The van der Waals surface area contributed by atoms with E-state index in [1.807, 2.05) is 36.1 Å². The van der Waals surface area contributed by atoms with Gasteiger partial charge in [-0.15, -0.1) is 11.6 Å². The van der Waals surface area contributed by atoms with E-state index in [4.69, 9.17) is 11.6 Å². The summed E-state index contributed by atoms with van der Waals surface area (Å²) in [5, 5.41) is 8.26. The topological polar surface area (TPSA) is 77.0 Å². The van der Waals surface area contributed by atoms with E-state index in [-0.39, 0.29) is 41.2 Å². The van der Waals surface area contributed by atoms with E-state index in [9.17, 15) is 9.59 Å². The summed E-state index contributed by atoms with van der Waals surface area (Å²) in [6.45, 7) is 4.73. The van der Waals surface area contributed by atoms with Crippen molar-refractivity contribution in [2.45, 2.75) is 57.2 Å². The van der Waals surface area contributed by atoms with Gasteiger partial charge in [0.25, 0.3) is 0 Å². The monoisotopic (exact) mass is 449 g/mol. The minimum atomic E-state index is -0.270. The number of rotatable bonds is 5. The molecule has 0 spiro atoms. The van der Waals surface area contributed by atoms with E-state index in [1.54, 1.807) is 0 Å². The smallest absolute Gasteiger partial charge is 0.234 e. The van der Waals surface area contributed by atoms with Gasteiger partial charge in [-0.05, 0) is 50.3 Å². The fourth-order valence-electron chi connectivity index (χ4n) is 4.55. The lowest BCUT2D eigenvalue weighted by Crippen LogP contribution is -2.67. The summed E-state index contributed by atoms with van der Waals surface area (Å²) >= 11 is 7.81. The summed E-state index contributed by atoms with van der Waals surface area (Å²) in [6.07, 6.45) is 3.05. The summed E-state index contributed by atoms with van der Waals surface area (Å²) in [7, 11) is 0. The fraction of sp³-hybridized carbons (Fsp3) is 0.571. The molecule has 3 aliphatic rings. The molecule has 2 fully saturated rings. The first-order valence-electron chi connectivity index (χ1n) is 10.5. The maximum Gasteiger partial charge on any atom is 0.234 e. The predicted molar refractivity (Wildman–Crippen MR) is 121 cm³/mol. The summed E-state index contributed by atoms with van der Waals surface area (Å²) < 4.78 is 0. The molecule has 162 valence electrons. The lowest BCUT2D eigenvalue weighted by Gasteiger charge is -2.51. The SMILES string of the molecule is CCCN1C(=O)C2CC(Cl)CCC2N2C(SCC(=O)Nc3cccc(C)c3)=NNC12. The molecule has 2 amide bonds. The Kier molecular flexibility index (Phi) is 6.43. The third kappa shape index (κ3) is 4.25. The van der Waals surface area contributed by atoms with Gasteiger partial charge in [0, 0.05) is 23.7 Å². The molecule has 2 heterocycles. The van der Waals surface area contributed by atoms with Crippen LogP contribution in [0.25, 0.3) is 0 Å². The first kappa shape index (κ1) is 21.3. The van der Waals surface area contributed by atoms with Crippen molar-refractivity contribution in [2.24, 2.45) is 11.0 Å². The van der Waals surface area contributed by atoms with Crippen molar-refractivity contribution < 1.29 is 9.59 Å². The molecule has 2 N–H and O–H groups in total. The van der Waals surface area contributed by atoms with Crippen molar-refractivity contribution in [3.63, 3.8) is 0 Å². The van der Waals surface area contributed by atoms with E-state index in [0.717, 1.165) is 35.7 Å². The number of aryl methyl sites for hydroxylation is 1. The van der Waals surface area contributed by atoms with E-state index in [1.165, 1.54) is 11.8 Å². The Morgan fingerprint density at radius 1 is 1.40 bits per heavy atom. The molecule has 30 heavy (non-hydrogen) atoms. The number of nitrogens with zero attached hydrogens (tertiary/aromatic N) is 3. The zero-order valence-electron chi connectivity index (χ0n) is 17.3.